The smallest absolute Gasteiger partial charge is 0.326 e. The normalized spacial score (nSPS) is 23.9. The van der Waals surface area contributed by atoms with Crippen molar-refractivity contribution in [2.24, 2.45) is 16.8 Å². The molecule has 2 atom stereocenters. The number of halogens is 1. The molecular formula is C23H24FN5O. The number of nitrogens with zero attached hydrogens (tertiary/aromatic N) is 4. The highest BCUT2D eigenvalue weighted by Crippen LogP contribution is 2.30. The lowest BCUT2D eigenvalue weighted by Gasteiger charge is -2.28. The molecule has 1 N–H and O–H groups in total. The molecule has 3 aliphatic heterocycles. The van der Waals surface area contributed by atoms with E-state index in [2.05, 4.69) is 17.1 Å². The van der Waals surface area contributed by atoms with Gasteiger partial charge in [0, 0.05) is 37.4 Å². The molecule has 6 nitrogen and oxygen atoms in total. The largest absolute Gasteiger partial charge is 0.329 e. The first-order valence-electron chi connectivity index (χ1n) is 10.2. The first-order chi connectivity index (χ1) is 14.6. The molecule has 1 saturated heterocycles. The number of anilines is 1. The minimum Gasteiger partial charge on any atom is -0.326 e. The van der Waals surface area contributed by atoms with Gasteiger partial charge in [-0.2, -0.15) is 0 Å². The van der Waals surface area contributed by atoms with Crippen LogP contribution in [0.25, 0.3) is 0 Å². The van der Waals surface area contributed by atoms with Crippen LogP contribution in [0.4, 0.5) is 14.9 Å². The fraction of sp³-hybridized carbons (Fsp3) is 0.304. The van der Waals surface area contributed by atoms with Crippen LogP contribution in [0.5, 0.6) is 0 Å². The van der Waals surface area contributed by atoms with E-state index in [-0.39, 0.29) is 17.8 Å². The molecule has 154 valence electrons. The summed E-state index contributed by atoms with van der Waals surface area (Å²) in [5.41, 5.74) is 2.12. The lowest BCUT2D eigenvalue weighted by atomic mass is 9.96. The maximum absolute atomic E-state index is 13.2. The van der Waals surface area contributed by atoms with Gasteiger partial charge in [0.2, 0.25) is 0 Å². The Hall–Kier alpha value is -3.19. The van der Waals surface area contributed by atoms with Gasteiger partial charge in [0.25, 0.3) is 0 Å². The van der Waals surface area contributed by atoms with Gasteiger partial charge in [0.1, 0.15) is 18.3 Å². The average Bonchev–Trinajstić information content (AvgIpc) is 3.34. The van der Waals surface area contributed by atoms with Crippen molar-refractivity contribution < 1.29 is 9.18 Å². The van der Waals surface area contributed by atoms with E-state index < -0.39 is 0 Å². The summed E-state index contributed by atoms with van der Waals surface area (Å²) in [5.74, 6) is 1.73. The molecule has 0 saturated carbocycles. The van der Waals surface area contributed by atoms with Gasteiger partial charge in [-0.1, -0.05) is 37.3 Å². The third kappa shape index (κ3) is 3.57. The Kier molecular flexibility index (Phi) is 4.75. The van der Waals surface area contributed by atoms with Crippen molar-refractivity contribution in [3.63, 3.8) is 0 Å². The number of aliphatic imine (C=N–C) groups is 1. The zero-order chi connectivity index (χ0) is 20.7. The molecule has 7 heteroatoms. The zero-order valence-corrected chi connectivity index (χ0v) is 16.8. The number of fused-ring (bicyclic) bond motifs is 1. The summed E-state index contributed by atoms with van der Waals surface area (Å²) in [4.78, 5) is 23.6. The number of para-hydroxylation sites is 1. The number of amidine groups is 1. The molecule has 2 amide bonds. The number of hydrogen-bond donors (Lipinski definition) is 1. The van der Waals surface area contributed by atoms with Gasteiger partial charge in [-0.25, -0.2) is 14.2 Å². The van der Waals surface area contributed by atoms with E-state index >= 15 is 0 Å². The second-order valence-electron chi connectivity index (χ2n) is 8.19. The Morgan fingerprint density at radius 3 is 2.63 bits per heavy atom. The molecule has 2 aromatic rings. The molecule has 0 bridgehead atoms. The quantitative estimate of drug-likeness (QED) is 0.846. The van der Waals surface area contributed by atoms with E-state index in [9.17, 15) is 9.18 Å². The minimum atomic E-state index is -0.218. The molecule has 3 aliphatic rings. The minimum absolute atomic E-state index is 0.131. The predicted octanol–water partition coefficient (Wildman–Crippen LogP) is 3.59. The third-order valence-corrected chi connectivity index (χ3v) is 6.00. The van der Waals surface area contributed by atoms with Crippen LogP contribution in [0.15, 0.2) is 71.6 Å². The Morgan fingerprint density at radius 2 is 1.87 bits per heavy atom. The van der Waals surface area contributed by atoms with E-state index in [1.165, 1.54) is 12.1 Å². The van der Waals surface area contributed by atoms with Crippen molar-refractivity contribution in [3.8, 4) is 0 Å². The second kappa shape index (κ2) is 7.57. The van der Waals surface area contributed by atoms with Crippen molar-refractivity contribution in [2.45, 2.75) is 13.5 Å². The Balaban J connectivity index is 1.32. The van der Waals surface area contributed by atoms with Crippen LogP contribution in [0.1, 0.15) is 12.5 Å². The van der Waals surface area contributed by atoms with Gasteiger partial charge in [-0.15, -0.1) is 0 Å². The molecule has 1 fully saturated rings. The average molecular weight is 405 g/mol. The van der Waals surface area contributed by atoms with Crippen LogP contribution in [0.3, 0.4) is 0 Å². The SMILES string of the molecule is CC1CN(Cc2ccc(F)cc2)CC1C1=NC2=CN(c3ccccc3)CN2C(=O)N1. The van der Waals surface area contributed by atoms with Crippen LogP contribution in [0, 0.1) is 17.7 Å². The van der Waals surface area contributed by atoms with E-state index in [0.717, 1.165) is 36.7 Å². The summed E-state index contributed by atoms with van der Waals surface area (Å²) in [5, 5.41) is 3.02. The summed E-state index contributed by atoms with van der Waals surface area (Å²) in [6.45, 7) is 5.14. The van der Waals surface area contributed by atoms with Gasteiger partial charge in [0.05, 0.1) is 0 Å². The maximum atomic E-state index is 13.2. The molecule has 0 radical (unpaired) electrons. The fourth-order valence-electron chi connectivity index (χ4n) is 4.41. The van der Waals surface area contributed by atoms with Gasteiger partial charge >= 0.3 is 6.03 Å². The van der Waals surface area contributed by atoms with Gasteiger partial charge in [0.15, 0.2) is 5.82 Å². The van der Waals surface area contributed by atoms with Crippen molar-refractivity contribution in [2.75, 3.05) is 24.7 Å². The topological polar surface area (TPSA) is 51.2 Å². The molecule has 30 heavy (non-hydrogen) atoms. The van der Waals surface area contributed by atoms with E-state index in [0.29, 0.717) is 18.4 Å². The van der Waals surface area contributed by atoms with Gasteiger partial charge in [-0.05, 0) is 35.7 Å². The van der Waals surface area contributed by atoms with Crippen LogP contribution in [0.2, 0.25) is 0 Å². The highest BCUT2D eigenvalue weighted by molar-refractivity contribution is 6.02. The number of carbonyl (C=O) groups is 1. The molecule has 2 unspecified atom stereocenters. The number of hydrogen-bond acceptors (Lipinski definition) is 4. The molecule has 5 rings (SSSR count). The monoisotopic (exact) mass is 405 g/mol. The summed E-state index contributed by atoms with van der Waals surface area (Å²) in [7, 11) is 0. The Labute approximate surface area is 175 Å². The van der Waals surface area contributed by atoms with Crippen molar-refractivity contribution in [1.82, 2.24) is 15.1 Å². The highest BCUT2D eigenvalue weighted by Gasteiger charge is 2.39. The second-order valence-corrected chi connectivity index (χ2v) is 8.19. The fourth-order valence-corrected chi connectivity index (χ4v) is 4.41. The van der Waals surface area contributed by atoms with Gasteiger partial charge in [-0.3, -0.25) is 15.1 Å². The third-order valence-electron chi connectivity index (χ3n) is 6.00. The number of likely N-dealkylation sites (tertiary alicyclic amines) is 1. The number of rotatable bonds is 4. The number of nitrogens with one attached hydrogen (secondary N) is 1. The zero-order valence-electron chi connectivity index (χ0n) is 16.8. The Morgan fingerprint density at radius 1 is 1.10 bits per heavy atom. The molecular weight excluding hydrogens is 381 g/mol. The van der Waals surface area contributed by atoms with Crippen molar-refractivity contribution in [3.05, 3.63) is 78.0 Å². The number of benzene rings is 2. The molecule has 0 spiro atoms. The lowest BCUT2D eigenvalue weighted by molar-refractivity contribution is 0.216. The lowest BCUT2D eigenvalue weighted by Crippen LogP contribution is -2.49. The molecule has 0 aliphatic carbocycles. The first kappa shape index (κ1) is 18.8. The van der Waals surface area contributed by atoms with Crippen LogP contribution >= 0.6 is 0 Å². The van der Waals surface area contributed by atoms with Crippen LogP contribution in [-0.2, 0) is 6.54 Å². The van der Waals surface area contributed by atoms with E-state index in [4.69, 9.17) is 4.99 Å². The van der Waals surface area contributed by atoms with Crippen molar-refractivity contribution in [1.29, 1.82) is 0 Å². The summed E-state index contributed by atoms with van der Waals surface area (Å²) < 4.78 is 13.2. The summed E-state index contributed by atoms with van der Waals surface area (Å²) in [6, 6.07) is 16.5. The molecule has 2 aromatic carbocycles. The highest BCUT2D eigenvalue weighted by atomic mass is 19.1. The predicted molar refractivity (Wildman–Crippen MR) is 114 cm³/mol. The van der Waals surface area contributed by atoms with Gasteiger partial charge < -0.3 is 4.90 Å². The number of urea groups is 1. The number of carbonyl (C=O) groups excluding carboxylic acids is 1. The molecule has 3 heterocycles. The Bertz CT molecular complexity index is 1000. The standard InChI is InChI=1S/C23H24FN5O/c1-16-11-27(12-17-7-9-18(24)10-8-17)13-20(16)22-25-21-14-28(15-29(21)23(30)26-22)19-5-3-2-4-6-19/h2-10,14,16,20H,11-13,15H2,1H3,(H,25,26,30). The maximum Gasteiger partial charge on any atom is 0.329 e. The number of amides is 2. The van der Waals surface area contributed by atoms with Crippen molar-refractivity contribution >= 4 is 17.6 Å². The molecule has 0 aromatic heterocycles. The van der Waals surface area contributed by atoms with Crippen LogP contribution < -0.4 is 10.2 Å². The van der Waals surface area contributed by atoms with E-state index in [1.807, 2.05) is 53.6 Å². The van der Waals surface area contributed by atoms with E-state index in [1.54, 1.807) is 4.90 Å². The first-order valence-corrected chi connectivity index (χ1v) is 10.2. The van der Waals surface area contributed by atoms with Crippen LogP contribution in [-0.4, -0.2) is 41.4 Å². The summed E-state index contributed by atoms with van der Waals surface area (Å²) in [6.07, 6.45) is 1.93. The summed E-state index contributed by atoms with van der Waals surface area (Å²) >= 11 is 0.